The van der Waals surface area contributed by atoms with Gasteiger partial charge in [-0.05, 0) is 50.6 Å². The molecule has 0 bridgehead atoms. The molecule has 0 saturated heterocycles. The van der Waals surface area contributed by atoms with Gasteiger partial charge in [-0.25, -0.2) is 4.99 Å². The minimum Gasteiger partial charge on any atom is -0.494 e. The van der Waals surface area contributed by atoms with Gasteiger partial charge in [-0.15, -0.1) is 11.3 Å². The Morgan fingerprint density at radius 2 is 2.04 bits per heavy atom. The lowest BCUT2D eigenvalue weighted by molar-refractivity contribution is 0.102. The largest absolute Gasteiger partial charge is 0.494 e. The van der Waals surface area contributed by atoms with Crippen molar-refractivity contribution in [3.8, 4) is 0 Å². The first kappa shape index (κ1) is 16.6. The zero-order valence-electron chi connectivity index (χ0n) is 15.1. The van der Waals surface area contributed by atoms with E-state index in [0.717, 1.165) is 49.3 Å². The molecule has 1 aliphatic rings. The van der Waals surface area contributed by atoms with Crippen LogP contribution < -0.4 is 0 Å². The summed E-state index contributed by atoms with van der Waals surface area (Å²) in [4.78, 5) is 23.7. The third-order valence-electron chi connectivity index (χ3n) is 4.38. The van der Waals surface area contributed by atoms with Gasteiger partial charge in [-0.3, -0.25) is 4.79 Å². The molecule has 26 heavy (non-hydrogen) atoms. The van der Waals surface area contributed by atoms with Crippen LogP contribution in [0.25, 0.3) is 16.3 Å². The smallest absolute Gasteiger partial charge is 0.169 e. The third-order valence-corrected chi connectivity index (χ3v) is 5.56. The maximum atomic E-state index is 11.5. The Labute approximate surface area is 155 Å². The molecule has 1 aliphatic heterocycles. The Morgan fingerprint density at radius 3 is 2.65 bits per heavy atom. The van der Waals surface area contributed by atoms with Crippen molar-refractivity contribution >= 4 is 39.1 Å². The van der Waals surface area contributed by atoms with Crippen molar-refractivity contribution in [2.24, 2.45) is 4.99 Å². The summed E-state index contributed by atoms with van der Waals surface area (Å²) in [5.41, 5.74) is 6.80. The van der Waals surface area contributed by atoms with Gasteiger partial charge in [0.25, 0.3) is 0 Å². The molecule has 0 spiro atoms. The average Bonchev–Trinajstić information content (AvgIpc) is 3.30. The Balaban J connectivity index is 1.72. The third kappa shape index (κ3) is 2.82. The predicted molar refractivity (Wildman–Crippen MR) is 106 cm³/mol. The molecule has 132 valence electrons. The van der Waals surface area contributed by atoms with Crippen molar-refractivity contribution in [3.63, 3.8) is 0 Å². The van der Waals surface area contributed by atoms with Crippen LogP contribution in [0, 0.1) is 13.8 Å². The Kier molecular flexibility index (Phi) is 3.92. The van der Waals surface area contributed by atoms with E-state index in [1.165, 1.54) is 16.9 Å². The van der Waals surface area contributed by atoms with Gasteiger partial charge in [0.05, 0.1) is 33.6 Å². The minimum absolute atomic E-state index is 0.0859. The van der Waals surface area contributed by atoms with Crippen molar-refractivity contribution in [1.29, 1.82) is 0 Å². The first-order valence-electron chi connectivity index (χ1n) is 8.31. The number of aryl methyl sites for hydroxylation is 2. The van der Waals surface area contributed by atoms with Crippen LogP contribution >= 0.6 is 11.3 Å². The number of allylic oxidation sites excluding steroid dienone is 1. The second-order valence-corrected chi connectivity index (χ2v) is 7.50. The summed E-state index contributed by atoms with van der Waals surface area (Å²) in [5, 5.41) is 0. The molecule has 5 nitrogen and oxygen atoms in total. The Morgan fingerprint density at radius 1 is 1.23 bits per heavy atom. The number of rotatable bonds is 4. The molecular weight excluding hydrogens is 346 g/mol. The van der Waals surface area contributed by atoms with Gasteiger partial charge in [0.15, 0.2) is 5.78 Å². The number of hydrogen-bond donors (Lipinski definition) is 2. The van der Waals surface area contributed by atoms with Crippen LogP contribution in [0.1, 0.15) is 39.2 Å². The monoisotopic (exact) mass is 365 g/mol. The van der Waals surface area contributed by atoms with Crippen LogP contribution in [0.15, 0.2) is 40.7 Å². The van der Waals surface area contributed by atoms with Crippen molar-refractivity contribution in [2.45, 2.75) is 20.8 Å². The van der Waals surface area contributed by atoms with E-state index in [2.05, 4.69) is 23.0 Å². The van der Waals surface area contributed by atoms with E-state index in [0.29, 0.717) is 0 Å². The lowest BCUT2D eigenvalue weighted by Crippen LogP contribution is -1.94. The molecule has 3 aromatic rings. The van der Waals surface area contributed by atoms with Crippen molar-refractivity contribution in [2.75, 3.05) is 7.11 Å². The molecule has 0 atom stereocenters. The molecule has 2 N–H and O–H groups in total. The van der Waals surface area contributed by atoms with Crippen molar-refractivity contribution < 1.29 is 9.53 Å². The maximum absolute atomic E-state index is 11.5. The normalized spacial score (nSPS) is 15.6. The van der Waals surface area contributed by atoms with Gasteiger partial charge in [0.1, 0.15) is 11.5 Å². The number of ether oxygens (including phenoxy) is 1. The van der Waals surface area contributed by atoms with Gasteiger partial charge < -0.3 is 14.7 Å². The number of H-pyrrole nitrogens is 2. The molecule has 0 unspecified atom stereocenters. The molecule has 3 aromatic heterocycles. The fraction of sp³-hybridized carbons (Fsp3) is 0.200. The first-order chi connectivity index (χ1) is 12.4. The summed E-state index contributed by atoms with van der Waals surface area (Å²) in [6.07, 6.45) is 3.93. The summed E-state index contributed by atoms with van der Waals surface area (Å²) in [7, 11) is 1.65. The summed E-state index contributed by atoms with van der Waals surface area (Å²) >= 11 is 1.49. The highest BCUT2D eigenvalue weighted by Gasteiger charge is 2.19. The number of carbonyl (C=O) groups excluding carboxylic acids is 1. The van der Waals surface area contributed by atoms with Crippen molar-refractivity contribution in [3.05, 3.63) is 63.3 Å². The molecule has 0 fully saturated rings. The fourth-order valence-electron chi connectivity index (χ4n) is 3.09. The number of ketones is 1. The minimum atomic E-state index is 0.0859. The Hall–Kier alpha value is -2.86. The van der Waals surface area contributed by atoms with E-state index < -0.39 is 0 Å². The molecular formula is C20H19N3O2S. The highest BCUT2D eigenvalue weighted by Crippen LogP contribution is 2.30. The molecule has 4 rings (SSSR count). The molecule has 0 aliphatic carbocycles. The standard InChI is InChI=1S/C20H19N3O2S/c1-10-5-11(2)21-13(10)6-16-18(25-4)7-14(22-16)15-8-20-17(23-15)9-19(26-20)12(3)24/h5-9,21,23H,1-4H3/b16-6-. The highest BCUT2D eigenvalue weighted by atomic mass is 32.1. The summed E-state index contributed by atoms with van der Waals surface area (Å²) in [6, 6.07) is 6.03. The molecule has 0 amide bonds. The Bertz CT molecular complexity index is 1090. The van der Waals surface area contributed by atoms with Gasteiger partial charge in [0.2, 0.25) is 0 Å². The molecule has 0 aromatic carbocycles. The quantitative estimate of drug-likeness (QED) is 0.655. The van der Waals surface area contributed by atoms with E-state index in [4.69, 9.17) is 9.73 Å². The summed E-state index contributed by atoms with van der Waals surface area (Å²) in [5.74, 6) is 0.816. The summed E-state index contributed by atoms with van der Waals surface area (Å²) in [6.45, 7) is 5.69. The SMILES string of the molecule is COC1=CC(c2cc3sc(C(C)=O)cc3[nH]2)=N/C1=C\c1[nH]c(C)cc1C. The van der Waals surface area contributed by atoms with Gasteiger partial charge in [-0.1, -0.05) is 0 Å². The lowest BCUT2D eigenvalue weighted by atomic mass is 10.2. The molecule has 0 saturated carbocycles. The van der Waals surface area contributed by atoms with Gasteiger partial charge >= 0.3 is 0 Å². The van der Waals surface area contributed by atoms with Gasteiger partial charge in [0, 0.05) is 17.5 Å². The number of aliphatic imine (C=N–C) groups is 1. The zero-order valence-corrected chi connectivity index (χ0v) is 15.9. The number of Topliss-reactive ketones (excluding diaryl/α,β-unsaturated/α-hetero) is 1. The first-order valence-corrected chi connectivity index (χ1v) is 9.13. The second-order valence-electron chi connectivity index (χ2n) is 6.42. The van der Waals surface area contributed by atoms with E-state index >= 15 is 0 Å². The van der Waals surface area contributed by atoms with Crippen LogP contribution in [0.5, 0.6) is 0 Å². The molecule has 6 heteroatoms. The van der Waals surface area contributed by atoms with E-state index in [9.17, 15) is 4.79 Å². The predicted octanol–water partition coefficient (Wildman–Crippen LogP) is 4.75. The highest BCUT2D eigenvalue weighted by molar-refractivity contribution is 7.20. The number of thiophene rings is 1. The number of fused-ring (bicyclic) bond motifs is 1. The average molecular weight is 365 g/mol. The van der Waals surface area contributed by atoms with Crippen LogP contribution in [-0.2, 0) is 4.74 Å². The topological polar surface area (TPSA) is 70.2 Å². The van der Waals surface area contributed by atoms with Crippen LogP contribution in [-0.4, -0.2) is 28.6 Å². The maximum Gasteiger partial charge on any atom is 0.169 e. The number of nitrogens with zero attached hydrogens (tertiary/aromatic N) is 1. The van der Waals surface area contributed by atoms with Crippen LogP contribution in [0.3, 0.4) is 0 Å². The number of methoxy groups -OCH3 is 1. The van der Waals surface area contributed by atoms with E-state index in [-0.39, 0.29) is 5.78 Å². The number of hydrogen-bond acceptors (Lipinski definition) is 4. The zero-order chi connectivity index (χ0) is 18.4. The molecule has 0 radical (unpaired) electrons. The second kappa shape index (κ2) is 6.14. The lowest BCUT2D eigenvalue weighted by Gasteiger charge is -2.01. The summed E-state index contributed by atoms with van der Waals surface area (Å²) < 4.78 is 6.56. The fourth-order valence-corrected chi connectivity index (χ4v) is 4.04. The van der Waals surface area contributed by atoms with E-state index in [1.54, 1.807) is 14.0 Å². The van der Waals surface area contributed by atoms with Crippen molar-refractivity contribution in [1.82, 2.24) is 9.97 Å². The van der Waals surface area contributed by atoms with E-state index in [1.807, 2.05) is 31.2 Å². The number of nitrogens with one attached hydrogen (secondary N) is 2. The van der Waals surface area contributed by atoms with Crippen LogP contribution in [0.2, 0.25) is 0 Å². The molecule has 4 heterocycles. The number of aromatic nitrogens is 2. The number of aromatic amines is 2. The number of carbonyl (C=O) groups is 1. The van der Waals surface area contributed by atoms with Gasteiger partial charge in [-0.2, -0.15) is 0 Å². The van der Waals surface area contributed by atoms with Crippen LogP contribution in [0.4, 0.5) is 0 Å².